The number of hydrogen-bond acceptors (Lipinski definition) is 3. The van der Waals surface area contributed by atoms with Crippen LogP contribution < -0.4 is 10.6 Å². The third kappa shape index (κ3) is 3.47. The van der Waals surface area contributed by atoms with Crippen LogP contribution in [-0.4, -0.2) is 12.9 Å². The Balaban J connectivity index is 1.87. The number of benzene rings is 2. The highest BCUT2D eigenvalue weighted by Crippen LogP contribution is 2.40. The van der Waals surface area contributed by atoms with Gasteiger partial charge in [0.1, 0.15) is 11.9 Å². The lowest BCUT2D eigenvalue weighted by molar-refractivity contribution is -0.137. The van der Waals surface area contributed by atoms with Crippen LogP contribution in [0.1, 0.15) is 28.4 Å². The molecule has 3 rings (SSSR count). The van der Waals surface area contributed by atoms with Crippen molar-refractivity contribution in [3.63, 3.8) is 0 Å². The Morgan fingerprint density at radius 3 is 2.68 bits per heavy atom. The molecule has 0 amide bonds. The zero-order valence-electron chi connectivity index (χ0n) is 13.3. The van der Waals surface area contributed by atoms with Gasteiger partial charge in [0.05, 0.1) is 5.56 Å². The highest BCUT2D eigenvalue weighted by Gasteiger charge is 2.33. The van der Waals surface area contributed by atoms with E-state index >= 15 is 0 Å². The van der Waals surface area contributed by atoms with Gasteiger partial charge in [-0.05, 0) is 35.4 Å². The first-order chi connectivity index (χ1) is 11.9. The molecular weight excluding hydrogens is 333 g/mol. The standard InChI is InChI=1S/C17H15F3N4O/c1-22-16(23-24-21)11-4-2-3-10(7-11)15-9-12-8-13(17(18,19)20)5-6-14(12)25-15/h2-8,15H,9H2,1H3,(H2,21,22,23)/t15-/m0/s1. The number of halogens is 3. The van der Waals surface area contributed by atoms with E-state index in [1.165, 1.54) is 6.07 Å². The average molecular weight is 348 g/mol. The highest BCUT2D eigenvalue weighted by molar-refractivity contribution is 5.99. The lowest BCUT2D eigenvalue weighted by atomic mass is 10.0. The molecule has 2 N–H and O–H groups in total. The molecule has 0 aromatic heterocycles. The molecule has 130 valence electrons. The van der Waals surface area contributed by atoms with Gasteiger partial charge >= 0.3 is 6.18 Å². The van der Waals surface area contributed by atoms with Gasteiger partial charge in [-0.3, -0.25) is 4.99 Å². The van der Waals surface area contributed by atoms with Crippen LogP contribution >= 0.6 is 0 Å². The highest BCUT2D eigenvalue weighted by atomic mass is 19.4. The summed E-state index contributed by atoms with van der Waals surface area (Å²) in [6, 6.07) is 10.8. The number of hydrogen-bond donors (Lipinski definition) is 1. The summed E-state index contributed by atoms with van der Waals surface area (Å²) in [5, 5.41) is 6.98. The van der Waals surface area contributed by atoms with Crippen LogP contribution in [-0.2, 0) is 12.6 Å². The Bertz CT molecular complexity index is 846. The van der Waals surface area contributed by atoms with Crippen molar-refractivity contribution >= 4 is 5.84 Å². The molecule has 2 aromatic carbocycles. The molecule has 5 nitrogen and oxygen atoms in total. The summed E-state index contributed by atoms with van der Waals surface area (Å²) in [5.74, 6) is 5.90. The SMILES string of the molecule is CN=C(N=NN)c1cccc([C@@H]2Cc3cc(C(F)(F)F)ccc3O2)c1. The van der Waals surface area contributed by atoms with Gasteiger partial charge in [0.2, 0.25) is 0 Å². The lowest BCUT2D eigenvalue weighted by Crippen LogP contribution is -2.06. The summed E-state index contributed by atoms with van der Waals surface area (Å²) in [6.45, 7) is 0. The van der Waals surface area contributed by atoms with Crippen molar-refractivity contribution in [2.45, 2.75) is 18.7 Å². The number of aliphatic imine (C=N–C) groups is 1. The van der Waals surface area contributed by atoms with Crippen LogP contribution in [0.3, 0.4) is 0 Å². The molecule has 0 bridgehead atoms. The molecule has 0 saturated carbocycles. The molecule has 0 aliphatic carbocycles. The van der Waals surface area contributed by atoms with Crippen LogP contribution in [0.2, 0.25) is 0 Å². The van der Waals surface area contributed by atoms with Crippen LogP contribution in [0.4, 0.5) is 13.2 Å². The van der Waals surface area contributed by atoms with Crippen LogP contribution in [0, 0.1) is 0 Å². The fraction of sp³-hybridized carbons (Fsp3) is 0.235. The molecule has 0 spiro atoms. The summed E-state index contributed by atoms with van der Waals surface area (Å²) >= 11 is 0. The minimum absolute atomic E-state index is 0.360. The van der Waals surface area contributed by atoms with E-state index in [0.717, 1.165) is 17.7 Å². The van der Waals surface area contributed by atoms with E-state index in [9.17, 15) is 13.2 Å². The number of rotatable bonds is 2. The lowest BCUT2D eigenvalue weighted by Gasteiger charge is -2.12. The van der Waals surface area contributed by atoms with Gasteiger partial charge in [-0.1, -0.05) is 23.4 Å². The molecule has 0 unspecified atom stereocenters. The van der Waals surface area contributed by atoms with E-state index in [2.05, 4.69) is 15.3 Å². The second-order valence-corrected chi connectivity index (χ2v) is 5.52. The van der Waals surface area contributed by atoms with E-state index in [0.29, 0.717) is 29.1 Å². The molecule has 8 heteroatoms. The normalized spacial score (nSPS) is 17.6. The summed E-state index contributed by atoms with van der Waals surface area (Å²) < 4.78 is 44.3. The van der Waals surface area contributed by atoms with Gasteiger partial charge in [0, 0.05) is 19.0 Å². The van der Waals surface area contributed by atoms with Gasteiger partial charge in [-0.25, -0.2) is 0 Å². The molecule has 1 atom stereocenters. The number of ether oxygens (including phenoxy) is 1. The minimum atomic E-state index is -4.37. The van der Waals surface area contributed by atoms with Gasteiger partial charge in [0.25, 0.3) is 0 Å². The van der Waals surface area contributed by atoms with Crippen molar-refractivity contribution in [2.75, 3.05) is 7.05 Å². The van der Waals surface area contributed by atoms with Crippen molar-refractivity contribution in [3.05, 3.63) is 64.7 Å². The zero-order chi connectivity index (χ0) is 18.0. The number of amidine groups is 1. The smallest absolute Gasteiger partial charge is 0.416 e. The van der Waals surface area contributed by atoms with Crippen molar-refractivity contribution in [2.24, 2.45) is 21.2 Å². The van der Waals surface area contributed by atoms with E-state index in [1.54, 1.807) is 19.2 Å². The molecule has 1 aliphatic heterocycles. The molecule has 1 heterocycles. The third-order valence-electron chi connectivity index (χ3n) is 3.94. The predicted octanol–water partition coefficient (Wildman–Crippen LogP) is 4.08. The summed E-state index contributed by atoms with van der Waals surface area (Å²) in [4.78, 5) is 4.00. The maximum absolute atomic E-state index is 12.8. The fourth-order valence-electron chi connectivity index (χ4n) is 2.78. The number of alkyl halides is 3. The maximum atomic E-state index is 12.8. The van der Waals surface area contributed by atoms with Gasteiger partial charge < -0.3 is 10.6 Å². The Morgan fingerprint density at radius 2 is 2.00 bits per heavy atom. The predicted molar refractivity (Wildman–Crippen MR) is 86.5 cm³/mol. The summed E-state index contributed by atoms with van der Waals surface area (Å²) in [7, 11) is 1.57. The average Bonchev–Trinajstić information content (AvgIpc) is 3.02. The van der Waals surface area contributed by atoms with Crippen LogP contribution in [0.25, 0.3) is 0 Å². The van der Waals surface area contributed by atoms with Crippen LogP contribution in [0.15, 0.2) is 57.8 Å². The van der Waals surface area contributed by atoms with Crippen molar-refractivity contribution < 1.29 is 17.9 Å². The Hall–Kier alpha value is -2.90. The quantitative estimate of drug-likeness (QED) is 0.292. The first kappa shape index (κ1) is 16.9. The van der Waals surface area contributed by atoms with Crippen LogP contribution in [0.5, 0.6) is 5.75 Å². The van der Waals surface area contributed by atoms with Gasteiger partial charge in [-0.15, -0.1) is 5.11 Å². The minimum Gasteiger partial charge on any atom is -0.485 e. The zero-order valence-corrected chi connectivity index (χ0v) is 13.3. The van der Waals surface area contributed by atoms with Crippen molar-refractivity contribution in [3.8, 4) is 5.75 Å². The Morgan fingerprint density at radius 1 is 1.20 bits per heavy atom. The molecule has 2 aromatic rings. The summed E-state index contributed by atoms with van der Waals surface area (Å²) in [5.41, 5.74) is 1.38. The first-order valence-electron chi connectivity index (χ1n) is 7.47. The second kappa shape index (κ2) is 6.54. The monoisotopic (exact) mass is 348 g/mol. The first-order valence-corrected chi connectivity index (χ1v) is 7.47. The number of fused-ring (bicyclic) bond motifs is 1. The summed E-state index contributed by atoms with van der Waals surface area (Å²) in [6.07, 6.45) is -4.38. The van der Waals surface area contributed by atoms with Crippen molar-refractivity contribution in [1.82, 2.24) is 0 Å². The molecule has 25 heavy (non-hydrogen) atoms. The Labute approximate surface area is 142 Å². The van der Waals surface area contributed by atoms with E-state index in [4.69, 9.17) is 10.6 Å². The van der Waals surface area contributed by atoms with E-state index < -0.39 is 11.7 Å². The molecule has 0 saturated heterocycles. The van der Waals surface area contributed by atoms with E-state index in [1.807, 2.05) is 12.1 Å². The topological polar surface area (TPSA) is 72.3 Å². The van der Waals surface area contributed by atoms with Crippen molar-refractivity contribution in [1.29, 1.82) is 0 Å². The number of nitrogens with two attached hydrogens (primary N) is 1. The third-order valence-corrected chi connectivity index (χ3v) is 3.94. The number of nitrogens with zero attached hydrogens (tertiary/aromatic N) is 3. The molecule has 0 fully saturated rings. The molecule has 1 aliphatic rings. The van der Waals surface area contributed by atoms with Gasteiger partial charge in [0.15, 0.2) is 5.84 Å². The largest absolute Gasteiger partial charge is 0.485 e. The van der Waals surface area contributed by atoms with Gasteiger partial charge in [-0.2, -0.15) is 13.2 Å². The molecule has 0 radical (unpaired) electrons. The Kier molecular flexibility index (Phi) is 4.43. The van der Waals surface area contributed by atoms with E-state index in [-0.39, 0.29) is 6.10 Å². The fourth-order valence-corrected chi connectivity index (χ4v) is 2.78. The second-order valence-electron chi connectivity index (χ2n) is 5.52. The maximum Gasteiger partial charge on any atom is 0.416 e. The molecular formula is C17H15F3N4O.